The van der Waals surface area contributed by atoms with E-state index in [0.29, 0.717) is 12.1 Å². The number of carbonyl (C=O) groups excluding carboxylic acids is 1. The fourth-order valence-electron chi connectivity index (χ4n) is 4.69. The first-order valence-corrected chi connectivity index (χ1v) is 11.3. The van der Waals surface area contributed by atoms with Gasteiger partial charge in [0, 0.05) is 62.8 Å². The smallest absolute Gasteiger partial charge is 0.178 e. The number of ether oxygens (including phenoxy) is 1. The van der Waals surface area contributed by atoms with Crippen molar-refractivity contribution in [3.63, 3.8) is 0 Å². The van der Waals surface area contributed by atoms with E-state index in [4.69, 9.17) is 10.00 Å². The average Bonchev–Trinajstić information content (AvgIpc) is 3.39. The first kappa shape index (κ1) is 21.8. The van der Waals surface area contributed by atoms with Crippen molar-refractivity contribution < 1.29 is 9.53 Å². The van der Waals surface area contributed by atoms with Crippen LogP contribution in [0.2, 0.25) is 0 Å². The number of hydrogen-bond donors (Lipinski definition) is 0. The van der Waals surface area contributed by atoms with Crippen LogP contribution in [-0.4, -0.2) is 65.6 Å². The molecule has 164 valence electrons. The number of aryl methyl sites for hydroxylation is 1. The third-order valence-corrected chi connectivity index (χ3v) is 6.61. The van der Waals surface area contributed by atoms with Crippen LogP contribution in [0.25, 0.3) is 0 Å². The lowest BCUT2D eigenvalue weighted by Gasteiger charge is -2.34. The SMILES string of the molecule is Cc1cc(C(=O)CN2CCN(Cc3ccc(C#N)cc3)CC2)c(C)n1C[C@H]1CCCO1. The number of aromatic nitrogens is 1. The van der Waals surface area contributed by atoms with Gasteiger partial charge in [0.25, 0.3) is 0 Å². The topological polar surface area (TPSA) is 61.5 Å². The zero-order valence-electron chi connectivity index (χ0n) is 18.6. The molecule has 0 aliphatic carbocycles. The third-order valence-electron chi connectivity index (χ3n) is 6.61. The predicted octanol–water partition coefficient (Wildman–Crippen LogP) is 3.16. The molecule has 2 aliphatic rings. The lowest BCUT2D eigenvalue weighted by atomic mass is 10.1. The van der Waals surface area contributed by atoms with Gasteiger partial charge < -0.3 is 9.30 Å². The highest BCUT2D eigenvalue weighted by atomic mass is 16.5. The van der Waals surface area contributed by atoms with Crippen molar-refractivity contribution in [2.75, 3.05) is 39.3 Å². The summed E-state index contributed by atoms with van der Waals surface area (Å²) in [7, 11) is 0. The quantitative estimate of drug-likeness (QED) is 0.644. The van der Waals surface area contributed by atoms with E-state index < -0.39 is 0 Å². The minimum absolute atomic E-state index is 0.215. The van der Waals surface area contributed by atoms with Crippen molar-refractivity contribution in [2.24, 2.45) is 0 Å². The summed E-state index contributed by atoms with van der Waals surface area (Å²) in [4.78, 5) is 17.7. The Morgan fingerprint density at radius 3 is 2.48 bits per heavy atom. The molecule has 2 aromatic rings. The first-order valence-electron chi connectivity index (χ1n) is 11.3. The summed E-state index contributed by atoms with van der Waals surface area (Å²) in [6, 6.07) is 12.0. The van der Waals surface area contributed by atoms with Crippen molar-refractivity contribution in [1.82, 2.24) is 14.4 Å². The van der Waals surface area contributed by atoms with E-state index in [2.05, 4.69) is 34.3 Å². The molecular weight excluding hydrogens is 388 g/mol. The van der Waals surface area contributed by atoms with Crippen LogP contribution in [0.1, 0.15) is 45.7 Å². The Kier molecular flexibility index (Phi) is 6.86. The molecule has 0 saturated carbocycles. The van der Waals surface area contributed by atoms with Crippen LogP contribution in [-0.2, 0) is 17.8 Å². The molecule has 0 unspecified atom stereocenters. The van der Waals surface area contributed by atoms with E-state index in [1.54, 1.807) is 0 Å². The van der Waals surface area contributed by atoms with Crippen molar-refractivity contribution in [3.05, 3.63) is 58.4 Å². The van der Waals surface area contributed by atoms with E-state index in [1.807, 2.05) is 30.3 Å². The minimum Gasteiger partial charge on any atom is -0.376 e. The summed E-state index contributed by atoms with van der Waals surface area (Å²) in [5.74, 6) is 0.215. The van der Waals surface area contributed by atoms with Crippen LogP contribution in [0.15, 0.2) is 30.3 Å². The van der Waals surface area contributed by atoms with Crippen LogP contribution >= 0.6 is 0 Å². The zero-order chi connectivity index (χ0) is 21.8. The molecule has 0 N–H and O–H groups in total. The van der Waals surface area contributed by atoms with Gasteiger partial charge in [0.2, 0.25) is 0 Å². The molecule has 0 amide bonds. The van der Waals surface area contributed by atoms with E-state index >= 15 is 0 Å². The van der Waals surface area contributed by atoms with E-state index in [1.165, 1.54) is 5.56 Å². The third kappa shape index (κ3) is 5.24. The molecule has 6 heteroatoms. The summed E-state index contributed by atoms with van der Waals surface area (Å²) in [6.07, 6.45) is 2.51. The zero-order valence-corrected chi connectivity index (χ0v) is 18.6. The van der Waals surface area contributed by atoms with E-state index in [0.717, 1.165) is 75.7 Å². The molecule has 2 aliphatic heterocycles. The maximum absolute atomic E-state index is 13.0. The summed E-state index contributed by atoms with van der Waals surface area (Å²) in [5, 5.41) is 8.93. The van der Waals surface area contributed by atoms with Crippen LogP contribution in [0.5, 0.6) is 0 Å². The van der Waals surface area contributed by atoms with Crippen molar-refractivity contribution in [1.29, 1.82) is 5.26 Å². The van der Waals surface area contributed by atoms with Crippen molar-refractivity contribution >= 4 is 5.78 Å². The molecule has 2 saturated heterocycles. The highest BCUT2D eigenvalue weighted by Crippen LogP contribution is 2.21. The molecule has 3 heterocycles. The monoisotopic (exact) mass is 420 g/mol. The van der Waals surface area contributed by atoms with Crippen LogP contribution in [0.3, 0.4) is 0 Å². The molecule has 0 radical (unpaired) electrons. The maximum atomic E-state index is 13.0. The van der Waals surface area contributed by atoms with Crippen molar-refractivity contribution in [3.8, 4) is 6.07 Å². The van der Waals surface area contributed by atoms with Crippen molar-refractivity contribution in [2.45, 2.75) is 45.9 Å². The van der Waals surface area contributed by atoms with Gasteiger partial charge in [0.15, 0.2) is 5.78 Å². The second-order valence-corrected chi connectivity index (χ2v) is 8.81. The molecule has 1 atom stereocenters. The van der Waals surface area contributed by atoms with Gasteiger partial charge in [-0.1, -0.05) is 12.1 Å². The maximum Gasteiger partial charge on any atom is 0.178 e. The number of nitrogens with zero attached hydrogens (tertiary/aromatic N) is 4. The Labute approximate surface area is 185 Å². The van der Waals surface area contributed by atoms with Gasteiger partial charge in [-0.2, -0.15) is 5.26 Å². The van der Waals surface area contributed by atoms with Crippen LogP contribution in [0, 0.1) is 25.2 Å². The van der Waals surface area contributed by atoms with Gasteiger partial charge in [0.1, 0.15) is 0 Å². The molecule has 4 rings (SSSR count). The fraction of sp³-hybridized carbons (Fsp3) is 0.520. The van der Waals surface area contributed by atoms with Gasteiger partial charge in [-0.15, -0.1) is 0 Å². The Morgan fingerprint density at radius 2 is 1.84 bits per heavy atom. The second-order valence-electron chi connectivity index (χ2n) is 8.81. The lowest BCUT2D eigenvalue weighted by molar-refractivity contribution is 0.0841. The summed E-state index contributed by atoms with van der Waals surface area (Å²) < 4.78 is 8.04. The summed E-state index contributed by atoms with van der Waals surface area (Å²) in [5.41, 5.74) is 4.99. The summed E-state index contributed by atoms with van der Waals surface area (Å²) >= 11 is 0. The predicted molar refractivity (Wildman–Crippen MR) is 120 cm³/mol. The van der Waals surface area contributed by atoms with Crippen LogP contribution in [0.4, 0.5) is 0 Å². The Morgan fingerprint density at radius 1 is 1.13 bits per heavy atom. The lowest BCUT2D eigenvalue weighted by Crippen LogP contribution is -2.47. The first-order chi connectivity index (χ1) is 15.0. The molecule has 6 nitrogen and oxygen atoms in total. The molecule has 0 spiro atoms. The molecule has 31 heavy (non-hydrogen) atoms. The highest BCUT2D eigenvalue weighted by molar-refractivity contribution is 5.99. The van der Waals surface area contributed by atoms with E-state index in [-0.39, 0.29) is 11.9 Å². The van der Waals surface area contributed by atoms with Gasteiger partial charge in [-0.05, 0) is 50.5 Å². The van der Waals surface area contributed by atoms with Crippen LogP contribution < -0.4 is 0 Å². The number of piperazine rings is 1. The normalized spacial score (nSPS) is 20.1. The highest BCUT2D eigenvalue weighted by Gasteiger charge is 2.24. The number of nitriles is 1. The molecule has 1 aromatic carbocycles. The van der Waals surface area contributed by atoms with Gasteiger partial charge in [-0.25, -0.2) is 0 Å². The minimum atomic E-state index is 0.215. The second kappa shape index (κ2) is 9.78. The molecule has 0 bridgehead atoms. The Hall–Kier alpha value is -2.46. The Bertz CT molecular complexity index is 943. The Balaban J connectivity index is 1.29. The fourth-order valence-corrected chi connectivity index (χ4v) is 4.69. The standard InChI is InChI=1S/C25H32N4O2/c1-19-14-24(20(2)29(19)17-23-4-3-13-31-23)25(30)18-28-11-9-27(10-12-28)16-22-7-5-21(15-26)6-8-22/h5-8,14,23H,3-4,9-13,16-18H2,1-2H3/t23-/m1/s1. The number of rotatable bonds is 7. The number of carbonyl (C=O) groups is 1. The molecule has 2 fully saturated rings. The largest absolute Gasteiger partial charge is 0.376 e. The van der Waals surface area contributed by atoms with Gasteiger partial charge in [0.05, 0.1) is 24.3 Å². The number of benzene rings is 1. The number of ketones is 1. The average molecular weight is 421 g/mol. The number of hydrogen-bond acceptors (Lipinski definition) is 5. The van der Waals surface area contributed by atoms with Gasteiger partial charge >= 0.3 is 0 Å². The summed E-state index contributed by atoms with van der Waals surface area (Å²) in [6.45, 7) is 10.9. The molecular formula is C25H32N4O2. The van der Waals surface area contributed by atoms with Gasteiger partial charge in [-0.3, -0.25) is 14.6 Å². The van der Waals surface area contributed by atoms with E-state index in [9.17, 15) is 4.79 Å². The molecule has 1 aromatic heterocycles. The number of Topliss-reactive ketones (excluding diaryl/α,β-unsaturated/α-hetero) is 1.